The van der Waals surface area contributed by atoms with Crippen LogP contribution in [-0.4, -0.2) is 25.0 Å². The molecule has 0 bridgehead atoms. The van der Waals surface area contributed by atoms with Gasteiger partial charge in [0.15, 0.2) is 0 Å². The quantitative estimate of drug-likeness (QED) is 0.809. The average Bonchev–Trinajstić information content (AvgIpc) is 2.48. The Morgan fingerprint density at radius 1 is 1.48 bits per heavy atom. The lowest BCUT2D eigenvalue weighted by molar-refractivity contribution is -0.122. The maximum Gasteiger partial charge on any atom is 0.243 e. The van der Waals surface area contributed by atoms with Crippen molar-refractivity contribution < 1.29 is 14.3 Å². The van der Waals surface area contributed by atoms with Crippen LogP contribution in [0.2, 0.25) is 0 Å². The molecule has 2 amide bonds. The molecule has 5 nitrogen and oxygen atoms in total. The lowest BCUT2D eigenvalue weighted by atomic mass is 9.98. The number of amides is 2. The molecule has 5 heteroatoms. The predicted octanol–water partition coefficient (Wildman–Crippen LogP) is 1.63. The highest BCUT2D eigenvalue weighted by Crippen LogP contribution is 2.34. The van der Waals surface area contributed by atoms with Crippen LogP contribution in [0, 0.1) is 6.92 Å². The second-order valence-corrected chi connectivity index (χ2v) is 5.00. The maximum absolute atomic E-state index is 11.9. The molecule has 112 valence electrons. The van der Waals surface area contributed by atoms with E-state index in [0.29, 0.717) is 13.2 Å². The number of nitrogens with one attached hydrogen (secondary N) is 2. The first-order valence-electron chi connectivity index (χ1n) is 7.03. The molecular weight excluding hydrogens is 268 g/mol. The Morgan fingerprint density at radius 2 is 2.29 bits per heavy atom. The van der Waals surface area contributed by atoms with Gasteiger partial charge in [-0.2, -0.15) is 0 Å². The molecule has 0 spiro atoms. The van der Waals surface area contributed by atoms with E-state index in [1.165, 1.54) is 6.08 Å². The minimum atomic E-state index is -0.269. The fraction of sp³-hybridized carbons (Fsp3) is 0.375. The van der Waals surface area contributed by atoms with Crippen LogP contribution >= 0.6 is 0 Å². The second kappa shape index (κ2) is 6.92. The standard InChI is InChI=1S/C16H20N2O3/c1-3-14(19)17-9-7-15(20)18-13-8-10-21-16-11(2)5-4-6-12(13)16/h3-6,13H,1,7-10H2,2H3,(H,17,19)(H,18,20). The number of para-hydroxylation sites is 1. The molecule has 0 aliphatic carbocycles. The molecule has 1 aliphatic rings. The zero-order chi connectivity index (χ0) is 15.2. The fourth-order valence-corrected chi connectivity index (χ4v) is 2.37. The van der Waals surface area contributed by atoms with Crippen LogP contribution in [0.1, 0.15) is 30.0 Å². The molecule has 1 atom stereocenters. The number of carbonyl (C=O) groups excluding carboxylic acids is 2. The molecule has 0 saturated heterocycles. The summed E-state index contributed by atoms with van der Waals surface area (Å²) in [5.41, 5.74) is 2.09. The maximum atomic E-state index is 11.9. The number of hydrogen-bond acceptors (Lipinski definition) is 3. The number of fused-ring (bicyclic) bond motifs is 1. The zero-order valence-electron chi connectivity index (χ0n) is 12.1. The predicted molar refractivity (Wildman–Crippen MR) is 80.0 cm³/mol. The van der Waals surface area contributed by atoms with Gasteiger partial charge in [0.2, 0.25) is 11.8 Å². The van der Waals surface area contributed by atoms with Crippen molar-refractivity contribution in [2.75, 3.05) is 13.2 Å². The van der Waals surface area contributed by atoms with Crippen LogP contribution in [0.3, 0.4) is 0 Å². The first-order chi connectivity index (χ1) is 10.1. The van der Waals surface area contributed by atoms with Crippen LogP contribution in [0.5, 0.6) is 5.75 Å². The Kier molecular flexibility index (Phi) is 4.98. The van der Waals surface area contributed by atoms with E-state index in [1.807, 2.05) is 25.1 Å². The van der Waals surface area contributed by atoms with Gasteiger partial charge in [-0.05, 0) is 18.6 Å². The molecule has 1 aromatic rings. The van der Waals surface area contributed by atoms with E-state index in [0.717, 1.165) is 23.3 Å². The van der Waals surface area contributed by atoms with Crippen molar-refractivity contribution in [1.82, 2.24) is 10.6 Å². The zero-order valence-corrected chi connectivity index (χ0v) is 12.1. The summed E-state index contributed by atoms with van der Waals surface area (Å²) in [6.07, 6.45) is 2.19. The number of hydrogen-bond donors (Lipinski definition) is 2. The number of rotatable bonds is 5. The van der Waals surface area contributed by atoms with Gasteiger partial charge >= 0.3 is 0 Å². The molecule has 0 fully saturated rings. The molecule has 0 saturated carbocycles. The first kappa shape index (κ1) is 15.1. The Bertz CT molecular complexity index is 554. The highest BCUT2D eigenvalue weighted by atomic mass is 16.5. The average molecular weight is 288 g/mol. The van der Waals surface area contributed by atoms with Crippen molar-refractivity contribution in [3.05, 3.63) is 42.0 Å². The van der Waals surface area contributed by atoms with Crippen LogP contribution in [0.25, 0.3) is 0 Å². The van der Waals surface area contributed by atoms with E-state index in [-0.39, 0.29) is 24.3 Å². The van der Waals surface area contributed by atoms with Gasteiger partial charge in [0, 0.05) is 24.9 Å². The topological polar surface area (TPSA) is 67.4 Å². The van der Waals surface area contributed by atoms with E-state index in [9.17, 15) is 9.59 Å². The monoisotopic (exact) mass is 288 g/mol. The molecule has 0 aromatic heterocycles. The molecule has 1 aliphatic heterocycles. The summed E-state index contributed by atoms with van der Waals surface area (Å²) in [5, 5.41) is 5.58. The number of carbonyl (C=O) groups is 2. The van der Waals surface area contributed by atoms with Crippen molar-refractivity contribution >= 4 is 11.8 Å². The third-order valence-corrected chi connectivity index (χ3v) is 3.44. The van der Waals surface area contributed by atoms with Crippen molar-refractivity contribution in [2.45, 2.75) is 25.8 Å². The first-order valence-corrected chi connectivity index (χ1v) is 7.03. The van der Waals surface area contributed by atoms with E-state index < -0.39 is 0 Å². The molecule has 2 rings (SSSR count). The smallest absolute Gasteiger partial charge is 0.243 e. The molecule has 1 unspecified atom stereocenters. The summed E-state index contributed by atoms with van der Waals surface area (Å²) < 4.78 is 5.67. The second-order valence-electron chi connectivity index (χ2n) is 5.00. The minimum Gasteiger partial charge on any atom is -0.493 e. The van der Waals surface area contributed by atoms with Crippen molar-refractivity contribution in [3.63, 3.8) is 0 Å². The van der Waals surface area contributed by atoms with Crippen LogP contribution < -0.4 is 15.4 Å². The number of ether oxygens (including phenoxy) is 1. The SMILES string of the molecule is C=CC(=O)NCCC(=O)NC1CCOc2c(C)cccc21. The summed E-state index contributed by atoms with van der Waals surface area (Å²) in [6.45, 7) is 6.25. The van der Waals surface area contributed by atoms with Gasteiger partial charge < -0.3 is 15.4 Å². The van der Waals surface area contributed by atoms with Gasteiger partial charge in [0.05, 0.1) is 12.6 Å². The van der Waals surface area contributed by atoms with Gasteiger partial charge in [-0.1, -0.05) is 24.8 Å². The van der Waals surface area contributed by atoms with Crippen molar-refractivity contribution in [2.24, 2.45) is 0 Å². The summed E-state index contributed by atoms with van der Waals surface area (Å²) in [5.74, 6) is 0.516. The molecule has 21 heavy (non-hydrogen) atoms. The normalized spacial score (nSPS) is 16.3. The highest BCUT2D eigenvalue weighted by Gasteiger charge is 2.23. The van der Waals surface area contributed by atoms with E-state index in [1.54, 1.807) is 0 Å². The van der Waals surface area contributed by atoms with Crippen molar-refractivity contribution in [3.8, 4) is 5.75 Å². The molecule has 1 heterocycles. The summed E-state index contributed by atoms with van der Waals surface area (Å²) in [7, 11) is 0. The Morgan fingerprint density at radius 3 is 3.05 bits per heavy atom. The molecular formula is C16H20N2O3. The van der Waals surface area contributed by atoms with Crippen LogP contribution in [0.4, 0.5) is 0 Å². The Labute approximate surface area is 124 Å². The lowest BCUT2D eigenvalue weighted by Gasteiger charge is -2.27. The highest BCUT2D eigenvalue weighted by molar-refractivity contribution is 5.87. The molecule has 1 aromatic carbocycles. The van der Waals surface area contributed by atoms with Gasteiger partial charge in [-0.3, -0.25) is 9.59 Å². The summed E-state index contributed by atoms with van der Waals surface area (Å²) in [6, 6.07) is 5.91. The summed E-state index contributed by atoms with van der Waals surface area (Å²) in [4.78, 5) is 23.0. The third kappa shape index (κ3) is 3.84. The van der Waals surface area contributed by atoms with Crippen LogP contribution in [-0.2, 0) is 9.59 Å². The Balaban J connectivity index is 1.92. The largest absolute Gasteiger partial charge is 0.493 e. The minimum absolute atomic E-state index is 0.0312. The fourth-order valence-electron chi connectivity index (χ4n) is 2.37. The number of benzene rings is 1. The molecule has 2 N–H and O–H groups in total. The van der Waals surface area contributed by atoms with Crippen molar-refractivity contribution in [1.29, 1.82) is 0 Å². The van der Waals surface area contributed by atoms with Crippen LogP contribution in [0.15, 0.2) is 30.9 Å². The van der Waals surface area contributed by atoms with Gasteiger partial charge in [-0.25, -0.2) is 0 Å². The van der Waals surface area contributed by atoms with E-state index in [2.05, 4.69) is 17.2 Å². The third-order valence-electron chi connectivity index (χ3n) is 3.44. The van der Waals surface area contributed by atoms with E-state index in [4.69, 9.17) is 4.74 Å². The van der Waals surface area contributed by atoms with Gasteiger partial charge in [0.25, 0.3) is 0 Å². The lowest BCUT2D eigenvalue weighted by Crippen LogP contribution is -2.34. The molecule has 0 radical (unpaired) electrons. The summed E-state index contributed by atoms with van der Waals surface area (Å²) >= 11 is 0. The van der Waals surface area contributed by atoms with Gasteiger partial charge in [-0.15, -0.1) is 0 Å². The van der Waals surface area contributed by atoms with E-state index >= 15 is 0 Å². The number of aryl methyl sites for hydroxylation is 1. The van der Waals surface area contributed by atoms with Gasteiger partial charge in [0.1, 0.15) is 5.75 Å². The Hall–Kier alpha value is -2.30.